The van der Waals surface area contributed by atoms with Crippen LogP contribution in [-0.4, -0.2) is 43.4 Å². The third-order valence-electron chi connectivity index (χ3n) is 4.35. The molecule has 1 heterocycles. The van der Waals surface area contributed by atoms with Gasteiger partial charge in [0.15, 0.2) is 28.0 Å². The van der Waals surface area contributed by atoms with Crippen molar-refractivity contribution in [2.75, 3.05) is 18.1 Å². The van der Waals surface area contributed by atoms with E-state index in [1.807, 2.05) is 30.3 Å². The van der Waals surface area contributed by atoms with Crippen molar-refractivity contribution in [1.29, 1.82) is 0 Å². The summed E-state index contributed by atoms with van der Waals surface area (Å²) in [5, 5.41) is 0. The van der Waals surface area contributed by atoms with Gasteiger partial charge in [0.25, 0.3) is 5.91 Å². The summed E-state index contributed by atoms with van der Waals surface area (Å²) in [5.74, 6) is -0.882. The Morgan fingerprint density at radius 1 is 1.12 bits per heavy atom. The molecule has 0 radical (unpaired) electrons. The molecule has 0 bridgehead atoms. The summed E-state index contributed by atoms with van der Waals surface area (Å²) >= 11 is 0. The van der Waals surface area contributed by atoms with Gasteiger partial charge in [0.1, 0.15) is 0 Å². The summed E-state index contributed by atoms with van der Waals surface area (Å²) < 4.78 is 42.6. The van der Waals surface area contributed by atoms with Gasteiger partial charge in [0.05, 0.1) is 11.5 Å². The number of nitrogens with zero attached hydrogens (tertiary/aromatic N) is 1. The van der Waals surface area contributed by atoms with Gasteiger partial charge in [-0.05, 0) is 24.1 Å². The molecule has 1 fully saturated rings. The van der Waals surface area contributed by atoms with Gasteiger partial charge in [-0.15, -0.1) is 0 Å². The molecular formula is C19H20FNO4S. The first-order chi connectivity index (χ1) is 12.4. The number of carbonyl (C=O) groups is 1. The first-order valence-electron chi connectivity index (χ1n) is 8.36. The Morgan fingerprint density at radius 3 is 2.46 bits per heavy atom. The number of benzene rings is 2. The molecule has 2 aromatic rings. The van der Waals surface area contributed by atoms with E-state index in [1.165, 1.54) is 23.1 Å². The van der Waals surface area contributed by atoms with Crippen molar-refractivity contribution in [3.05, 3.63) is 66.0 Å². The molecule has 3 rings (SSSR count). The third-order valence-corrected chi connectivity index (χ3v) is 6.10. The summed E-state index contributed by atoms with van der Waals surface area (Å²) in [6.45, 7) is -0.0508. The van der Waals surface area contributed by atoms with Crippen LogP contribution in [0.15, 0.2) is 54.6 Å². The molecule has 26 heavy (non-hydrogen) atoms. The fourth-order valence-electron chi connectivity index (χ4n) is 3.01. The van der Waals surface area contributed by atoms with E-state index in [0.717, 1.165) is 5.56 Å². The van der Waals surface area contributed by atoms with Crippen molar-refractivity contribution in [1.82, 2.24) is 4.90 Å². The predicted molar refractivity (Wildman–Crippen MR) is 95.9 cm³/mol. The highest BCUT2D eigenvalue weighted by Gasteiger charge is 2.34. The number of ether oxygens (including phenoxy) is 1. The lowest BCUT2D eigenvalue weighted by molar-refractivity contribution is -0.136. The lowest BCUT2D eigenvalue weighted by Crippen LogP contribution is -2.43. The predicted octanol–water partition coefficient (Wildman–Crippen LogP) is 2.42. The zero-order valence-corrected chi connectivity index (χ0v) is 15.0. The number of carbonyl (C=O) groups excluding carboxylic acids is 1. The van der Waals surface area contributed by atoms with Crippen LogP contribution >= 0.6 is 0 Å². The van der Waals surface area contributed by atoms with Crippen molar-refractivity contribution in [2.45, 2.75) is 19.0 Å². The van der Waals surface area contributed by atoms with E-state index in [9.17, 15) is 17.6 Å². The van der Waals surface area contributed by atoms with Gasteiger partial charge in [-0.3, -0.25) is 4.79 Å². The lowest BCUT2D eigenvalue weighted by Gasteiger charge is -2.28. The van der Waals surface area contributed by atoms with Crippen LogP contribution in [0.3, 0.4) is 0 Å². The molecule has 0 spiro atoms. The average Bonchev–Trinajstić information content (AvgIpc) is 2.99. The monoisotopic (exact) mass is 377 g/mol. The molecule has 1 atom stereocenters. The average molecular weight is 377 g/mol. The molecule has 7 heteroatoms. The van der Waals surface area contributed by atoms with Gasteiger partial charge < -0.3 is 9.64 Å². The number of halogens is 1. The number of rotatable bonds is 6. The fraction of sp³-hybridized carbons (Fsp3) is 0.316. The van der Waals surface area contributed by atoms with E-state index < -0.39 is 21.7 Å². The van der Waals surface area contributed by atoms with E-state index in [4.69, 9.17) is 4.74 Å². The summed E-state index contributed by atoms with van der Waals surface area (Å²) in [6, 6.07) is 14.8. The smallest absolute Gasteiger partial charge is 0.261 e. The van der Waals surface area contributed by atoms with Crippen LogP contribution in [0.2, 0.25) is 0 Å². The summed E-state index contributed by atoms with van der Waals surface area (Å²) in [6.07, 6.45) is 0.403. The molecule has 1 aliphatic rings. The Kier molecular flexibility index (Phi) is 5.56. The van der Waals surface area contributed by atoms with E-state index in [2.05, 4.69) is 0 Å². The Balaban J connectivity index is 1.74. The Labute approximate surface area is 152 Å². The van der Waals surface area contributed by atoms with Gasteiger partial charge in [-0.1, -0.05) is 42.5 Å². The Bertz CT molecular complexity index is 870. The van der Waals surface area contributed by atoms with Gasteiger partial charge in [0.2, 0.25) is 0 Å². The number of amides is 1. The maximum absolute atomic E-state index is 13.7. The zero-order chi connectivity index (χ0) is 18.6. The first-order valence-corrected chi connectivity index (χ1v) is 10.2. The second-order valence-corrected chi connectivity index (χ2v) is 8.51. The SMILES string of the molecule is O=C(COc1ccccc1F)N(Cc1ccccc1)[C@H]1CCS(=O)(=O)C1. The zero-order valence-electron chi connectivity index (χ0n) is 14.2. The van der Waals surface area contributed by atoms with Crippen LogP contribution in [0.5, 0.6) is 5.75 Å². The van der Waals surface area contributed by atoms with E-state index in [0.29, 0.717) is 13.0 Å². The Morgan fingerprint density at radius 2 is 1.81 bits per heavy atom. The quantitative estimate of drug-likeness (QED) is 0.776. The second kappa shape index (κ2) is 7.86. The maximum atomic E-state index is 13.7. The molecule has 0 N–H and O–H groups in total. The molecule has 1 saturated heterocycles. The number of hydrogen-bond donors (Lipinski definition) is 0. The molecule has 138 valence electrons. The number of sulfone groups is 1. The normalized spacial score (nSPS) is 18.4. The van der Waals surface area contributed by atoms with Crippen LogP contribution in [0.4, 0.5) is 4.39 Å². The number of hydrogen-bond acceptors (Lipinski definition) is 4. The summed E-state index contributed by atoms with van der Waals surface area (Å²) in [4.78, 5) is 14.2. The van der Waals surface area contributed by atoms with Crippen molar-refractivity contribution in [3.8, 4) is 5.75 Å². The van der Waals surface area contributed by atoms with Crippen LogP contribution in [0.25, 0.3) is 0 Å². The minimum Gasteiger partial charge on any atom is -0.481 e. The molecule has 0 saturated carbocycles. The first kappa shape index (κ1) is 18.4. The summed E-state index contributed by atoms with van der Waals surface area (Å²) in [5.41, 5.74) is 0.899. The molecule has 1 aliphatic heterocycles. The Hall–Kier alpha value is -2.41. The second-order valence-electron chi connectivity index (χ2n) is 6.28. The minimum absolute atomic E-state index is 0.000412. The van der Waals surface area contributed by atoms with Gasteiger partial charge >= 0.3 is 0 Å². The highest BCUT2D eigenvalue weighted by molar-refractivity contribution is 7.91. The molecule has 0 unspecified atom stereocenters. The van der Waals surface area contributed by atoms with Gasteiger partial charge in [0, 0.05) is 12.6 Å². The van der Waals surface area contributed by atoms with Crippen molar-refractivity contribution in [3.63, 3.8) is 0 Å². The van der Waals surface area contributed by atoms with Crippen molar-refractivity contribution < 1.29 is 22.3 Å². The highest BCUT2D eigenvalue weighted by Crippen LogP contribution is 2.21. The largest absolute Gasteiger partial charge is 0.481 e. The highest BCUT2D eigenvalue weighted by atomic mass is 32.2. The van der Waals surface area contributed by atoms with Gasteiger partial charge in [-0.25, -0.2) is 12.8 Å². The van der Waals surface area contributed by atoms with E-state index in [-0.39, 0.29) is 29.8 Å². The molecule has 5 nitrogen and oxygen atoms in total. The standard InChI is InChI=1S/C19H20FNO4S/c20-17-8-4-5-9-18(17)25-13-19(22)21(12-15-6-2-1-3-7-15)16-10-11-26(23,24)14-16/h1-9,16H,10-14H2/t16-/m0/s1. The molecular weight excluding hydrogens is 357 g/mol. The lowest BCUT2D eigenvalue weighted by atomic mass is 10.1. The van der Waals surface area contributed by atoms with Crippen LogP contribution in [0.1, 0.15) is 12.0 Å². The van der Waals surface area contributed by atoms with E-state index >= 15 is 0 Å². The maximum Gasteiger partial charge on any atom is 0.261 e. The molecule has 2 aromatic carbocycles. The summed E-state index contributed by atoms with van der Waals surface area (Å²) in [7, 11) is -3.13. The number of para-hydroxylation sites is 1. The molecule has 1 amide bonds. The molecule has 0 aromatic heterocycles. The third kappa shape index (κ3) is 4.60. The molecule has 0 aliphatic carbocycles. The van der Waals surface area contributed by atoms with Crippen LogP contribution in [0, 0.1) is 5.82 Å². The van der Waals surface area contributed by atoms with E-state index in [1.54, 1.807) is 6.07 Å². The van der Waals surface area contributed by atoms with Crippen LogP contribution in [-0.2, 0) is 21.2 Å². The van der Waals surface area contributed by atoms with Crippen molar-refractivity contribution >= 4 is 15.7 Å². The topological polar surface area (TPSA) is 63.7 Å². The van der Waals surface area contributed by atoms with Crippen molar-refractivity contribution in [2.24, 2.45) is 0 Å². The van der Waals surface area contributed by atoms with Gasteiger partial charge in [-0.2, -0.15) is 0 Å². The minimum atomic E-state index is -3.13. The fourth-order valence-corrected chi connectivity index (χ4v) is 4.74. The van der Waals surface area contributed by atoms with Crippen LogP contribution < -0.4 is 4.74 Å².